The molecule has 3 aromatic rings. The quantitative estimate of drug-likeness (QED) is 0.315. The Hall–Kier alpha value is -3.11. The van der Waals surface area contributed by atoms with Gasteiger partial charge >= 0.3 is 0 Å². The number of halogens is 1. The molecule has 1 aliphatic rings. The van der Waals surface area contributed by atoms with Crippen molar-refractivity contribution in [3.05, 3.63) is 106 Å². The van der Waals surface area contributed by atoms with E-state index >= 15 is 0 Å². The van der Waals surface area contributed by atoms with Crippen molar-refractivity contribution in [1.29, 1.82) is 0 Å². The Morgan fingerprint density at radius 2 is 1.49 bits per heavy atom. The standard InChI is InChI=1S/C32H37ClN2O2/c1-2-24-12-14-25(15-13-24)18-21-31(36)35(23-27-16-19-28(33)20-17-27)30(22-26-8-4-3-5-9-26)32(37)34-29-10-6-7-11-29/h3-5,8-9,12-17,19-20,29-30H,2,6-7,10-11,18,21-23H2,1H3,(H,34,37)/t30-/m1/s1. The van der Waals surface area contributed by atoms with Crippen LogP contribution in [0.5, 0.6) is 0 Å². The number of rotatable bonds is 11. The van der Waals surface area contributed by atoms with Crippen LogP contribution in [0.15, 0.2) is 78.9 Å². The molecular formula is C32H37ClN2O2. The fraction of sp³-hybridized carbons (Fsp3) is 0.375. The molecule has 5 heteroatoms. The minimum Gasteiger partial charge on any atom is -0.352 e. The molecule has 0 spiro atoms. The predicted molar refractivity (Wildman–Crippen MR) is 150 cm³/mol. The second-order valence-electron chi connectivity index (χ2n) is 10.0. The molecule has 1 fully saturated rings. The lowest BCUT2D eigenvalue weighted by Gasteiger charge is -2.32. The third-order valence-corrected chi connectivity index (χ3v) is 7.55. The lowest BCUT2D eigenvalue weighted by Crippen LogP contribution is -2.52. The molecule has 1 aliphatic carbocycles. The van der Waals surface area contributed by atoms with Crippen LogP contribution in [0.3, 0.4) is 0 Å². The average Bonchev–Trinajstić information content (AvgIpc) is 3.44. The van der Waals surface area contributed by atoms with Gasteiger partial charge in [0, 0.05) is 30.5 Å². The number of amides is 2. The van der Waals surface area contributed by atoms with Crippen LogP contribution in [-0.4, -0.2) is 28.8 Å². The molecule has 3 aromatic carbocycles. The van der Waals surface area contributed by atoms with Gasteiger partial charge in [-0.3, -0.25) is 9.59 Å². The van der Waals surface area contributed by atoms with Gasteiger partial charge in [0.15, 0.2) is 0 Å². The number of benzene rings is 3. The maximum Gasteiger partial charge on any atom is 0.243 e. The first-order valence-electron chi connectivity index (χ1n) is 13.5. The molecule has 0 heterocycles. The summed E-state index contributed by atoms with van der Waals surface area (Å²) in [5.74, 6) is -0.0811. The van der Waals surface area contributed by atoms with E-state index < -0.39 is 6.04 Å². The number of hydrogen-bond acceptors (Lipinski definition) is 2. The molecule has 0 unspecified atom stereocenters. The third-order valence-electron chi connectivity index (χ3n) is 7.30. The highest BCUT2D eigenvalue weighted by Crippen LogP contribution is 2.21. The van der Waals surface area contributed by atoms with Crippen molar-refractivity contribution >= 4 is 23.4 Å². The number of nitrogens with zero attached hydrogens (tertiary/aromatic N) is 1. The highest BCUT2D eigenvalue weighted by Gasteiger charge is 2.32. The average molecular weight is 517 g/mol. The first-order chi connectivity index (χ1) is 18.0. The molecule has 4 rings (SSSR count). The van der Waals surface area contributed by atoms with E-state index in [1.165, 1.54) is 5.56 Å². The lowest BCUT2D eigenvalue weighted by molar-refractivity contribution is -0.141. The van der Waals surface area contributed by atoms with E-state index in [4.69, 9.17) is 11.6 Å². The molecule has 0 radical (unpaired) electrons. The monoisotopic (exact) mass is 516 g/mol. The van der Waals surface area contributed by atoms with Gasteiger partial charge in [-0.2, -0.15) is 0 Å². The van der Waals surface area contributed by atoms with E-state index in [1.807, 2.05) is 54.6 Å². The Kier molecular flexibility index (Phi) is 9.78. The fourth-order valence-electron chi connectivity index (χ4n) is 5.04. The molecule has 1 N–H and O–H groups in total. The lowest BCUT2D eigenvalue weighted by atomic mass is 10.0. The summed E-state index contributed by atoms with van der Waals surface area (Å²) in [6.07, 6.45) is 6.74. The summed E-state index contributed by atoms with van der Waals surface area (Å²) < 4.78 is 0. The molecule has 0 aromatic heterocycles. The Bertz CT molecular complexity index is 1140. The first kappa shape index (κ1) is 26.9. The maximum atomic E-state index is 13.8. The van der Waals surface area contributed by atoms with Crippen molar-refractivity contribution in [3.63, 3.8) is 0 Å². The molecule has 1 atom stereocenters. The largest absolute Gasteiger partial charge is 0.352 e. The topological polar surface area (TPSA) is 49.4 Å². The normalized spacial score (nSPS) is 14.3. The van der Waals surface area contributed by atoms with Crippen LogP contribution in [0.25, 0.3) is 0 Å². The van der Waals surface area contributed by atoms with Crippen LogP contribution in [0.4, 0.5) is 0 Å². The van der Waals surface area contributed by atoms with Crippen LogP contribution in [-0.2, 0) is 35.4 Å². The predicted octanol–water partition coefficient (Wildman–Crippen LogP) is 6.53. The zero-order chi connectivity index (χ0) is 26.0. The van der Waals surface area contributed by atoms with Gasteiger partial charge in [0.25, 0.3) is 0 Å². The van der Waals surface area contributed by atoms with Gasteiger partial charge < -0.3 is 10.2 Å². The van der Waals surface area contributed by atoms with Crippen LogP contribution in [0.2, 0.25) is 5.02 Å². The van der Waals surface area contributed by atoms with Crippen molar-refractivity contribution in [1.82, 2.24) is 10.2 Å². The van der Waals surface area contributed by atoms with E-state index in [2.05, 4.69) is 36.5 Å². The molecule has 0 saturated heterocycles. The van der Waals surface area contributed by atoms with Gasteiger partial charge in [-0.1, -0.05) is 98.1 Å². The van der Waals surface area contributed by atoms with Crippen molar-refractivity contribution < 1.29 is 9.59 Å². The number of carbonyl (C=O) groups excluding carboxylic acids is 2. The van der Waals surface area contributed by atoms with Crippen LogP contribution >= 0.6 is 11.6 Å². The Labute approximate surface area is 226 Å². The second-order valence-corrected chi connectivity index (χ2v) is 10.5. The van der Waals surface area contributed by atoms with E-state index in [0.29, 0.717) is 30.8 Å². The second kappa shape index (κ2) is 13.4. The summed E-state index contributed by atoms with van der Waals surface area (Å²) in [4.78, 5) is 29.3. The smallest absolute Gasteiger partial charge is 0.243 e. The SMILES string of the molecule is CCc1ccc(CCC(=O)N(Cc2ccc(Cl)cc2)[C@H](Cc2ccccc2)C(=O)NC2CCCC2)cc1. The maximum absolute atomic E-state index is 13.8. The van der Waals surface area contributed by atoms with E-state index in [1.54, 1.807) is 4.90 Å². The number of aryl methyl sites for hydroxylation is 2. The summed E-state index contributed by atoms with van der Waals surface area (Å²) in [7, 11) is 0. The van der Waals surface area contributed by atoms with E-state index in [0.717, 1.165) is 48.8 Å². The summed E-state index contributed by atoms with van der Waals surface area (Å²) in [5.41, 5.74) is 4.41. The summed E-state index contributed by atoms with van der Waals surface area (Å²) in [6.45, 7) is 2.50. The molecule has 2 amide bonds. The molecule has 0 bridgehead atoms. The summed E-state index contributed by atoms with van der Waals surface area (Å²) >= 11 is 6.12. The Morgan fingerprint density at radius 3 is 2.14 bits per heavy atom. The number of hydrogen-bond donors (Lipinski definition) is 1. The number of carbonyl (C=O) groups is 2. The highest BCUT2D eigenvalue weighted by molar-refractivity contribution is 6.30. The number of nitrogens with one attached hydrogen (secondary N) is 1. The van der Waals surface area contributed by atoms with Gasteiger partial charge in [0.1, 0.15) is 6.04 Å². The van der Waals surface area contributed by atoms with Crippen molar-refractivity contribution in [2.24, 2.45) is 0 Å². The Balaban J connectivity index is 1.58. The van der Waals surface area contributed by atoms with Crippen molar-refractivity contribution in [2.45, 2.75) is 76.9 Å². The highest BCUT2D eigenvalue weighted by atomic mass is 35.5. The molecule has 194 valence electrons. The molecule has 37 heavy (non-hydrogen) atoms. The van der Waals surface area contributed by atoms with Gasteiger partial charge in [0.2, 0.25) is 11.8 Å². The first-order valence-corrected chi connectivity index (χ1v) is 13.9. The third kappa shape index (κ3) is 7.93. The molecule has 0 aliphatic heterocycles. The van der Waals surface area contributed by atoms with Gasteiger partial charge in [-0.15, -0.1) is 0 Å². The van der Waals surface area contributed by atoms with Crippen LogP contribution < -0.4 is 5.32 Å². The van der Waals surface area contributed by atoms with Crippen molar-refractivity contribution in [2.75, 3.05) is 0 Å². The van der Waals surface area contributed by atoms with Crippen LogP contribution in [0.1, 0.15) is 61.3 Å². The molecule has 4 nitrogen and oxygen atoms in total. The van der Waals surface area contributed by atoms with E-state index in [-0.39, 0.29) is 17.9 Å². The fourth-order valence-corrected chi connectivity index (χ4v) is 5.17. The minimum atomic E-state index is -0.589. The van der Waals surface area contributed by atoms with Gasteiger partial charge in [-0.05, 0) is 60.1 Å². The van der Waals surface area contributed by atoms with Gasteiger partial charge in [0.05, 0.1) is 0 Å². The van der Waals surface area contributed by atoms with Crippen molar-refractivity contribution in [3.8, 4) is 0 Å². The molecular weight excluding hydrogens is 480 g/mol. The Morgan fingerprint density at radius 1 is 0.865 bits per heavy atom. The van der Waals surface area contributed by atoms with Crippen LogP contribution in [0, 0.1) is 0 Å². The summed E-state index contributed by atoms with van der Waals surface area (Å²) in [5, 5.41) is 3.91. The zero-order valence-electron chi connectivity index (χ0n) is 21.7. The molecule has 1 saturated carbocycles. The summed E-state index contributed by atoms with van der Waals surface area (Å²) in [6, 6.07) is 25.6. The van der Waals surface area contributed by atoms with E-state index in [9.17, 15) is 9.59 Å². The zero-order valence-corrected chi connectivity index (χ0v) is 22.4. The van der Waals surface area contributed by atoms with Gasteiger partial charge in [-0.25, -0.2) is 0 Å². The minimum absolute atomic E-state index is 0.0166.